The number of nitrogen functional groups attached to an aromatic ring is 1. The molecule has 0 unspecified atom stereocenters. The average Bonchev–Trinajstić information content (AvgIpc) is 3.18. The van der Waals surface area contributed by atoms with Gasteiger partial charge in [0.25, 0.3) is 6.01 Å². The number of nitrogens with two attached hydrogens (primary N) is 1. The maximum absolute atomic E-state index is 13.1. The van der Waals surface area contributed by atoms with Crippen molar-refractivity contribution in [3.8, 4) is 11.4 Å². The summed E-state index contributed by atoms with van der Waals surface area (Å²) in [6, 6.07) is 10.0. The van der Waals surface area contributed by atoms with Crippen LogP contribution in [0.5, 0.6) is 0 Å². The van der Waals surface area contributed by atoms with Crippen LogP contribution in [0.25, 0.3) is 22.5 Å². The largest absolute Gasteiger partial charge is 0.424 e. The Morgan fingerprint density at radius 3 is 2.58 bits per heavy atom. The third-order valence-corrected chi connectivity index (χ3v) is 5.03. The van der Waals surface area contributed by atoms with E-state index in [1.807, 2.05) is 4.90 Å². The SMILES string of the molecule is Nc1nc2cc(-c3nc(Nc4cccc(C(F)(F)F)c4)nc(N4CCOCC4)n3)ccc2o1. The van der Waals surface area contributed by atoms with E-state index in [0.29, 0.717) is 54.7 Å². The van der Waals surface area contributed by atoms with Gasteiger partial charge in [0.1, 0.15) is 5.52 Å². The molecule has 4 aromatic rings. The highest BCUT2D eigenvalue weighted by Gasteiger charge is 2.30. The molecule has 2 aromatic carbocycles. The maximum Gasteiger partial charge on any atom is 0.416 e. The molecule has 0 atom stereocenters. The number of fused-ring (bicyclic) bond motifs is 1. The van der Waals surface area contributed by atoms with E-state index < -0.39 is 11.7 Å². The molecule has 1 aliphatic heterocycles. The number of halogens is 3. The van der Waals surface area contributed by atoms with Crippen molar-refractivity contribution in [1.82, 2.24) is 19.9 Å². The van der Waals surface area contributed by atoms with Gasteiger partial charge in [0.05, 0.1) is 18.8 Å². The number of rotatable bonds is 4. The number of ether oxygens (including phenoxy) is 1. The highest BCUT2D eigenvalue weighted by molar-refractivity contribution is 5.80. The number of nitrogens with one attached hydrogen (secondary N) is 1. The highest BCUT2D eigenvalue weighted by atomic mass is 19.4. The summed E-state index contributed by atoms with van der Waals surface area (Å²) < 4.78 is 50.1. The normalized spacial score (nSPS) is 14.6. The number of benzene rings is 2. The Bertz CT molecular complexity index is 1300. The monoisotopic (exact) mass is 457 g/mol. The molecular formula is C21H18F3N7O2. The first-order valence-corrected chi connectivity index (χ1v) is 10.0. The summed E-state index contributed by atoms with van der Waals surface area (Å²) in [5.74, 6) is 0.822. The zero-order valence-electron chi connectivity index (χ0n) is 17.1. The first-order valence-electron chi connectivity index (χ1n) is 10.0. The molecule has 3 heterocycles. The van der Waals surface area contributed by atoms with E-state index >= 15 is 0 Å². The van der Waals surface area contributed by atoms with E-state index in [2.05, 4.69) is 25.3 Å². The molecule has 0 radical (unpaired) electrons. The zero-order chi connectivity index (χ0) is 23.0. The Kier molecular flexibility index (Phi) is 5.21. The molecule has 1 aliphatic rings. The topological polar surface area (TPSA) is 115 Å². The number of alkyl halides is 3. The fraction of sp³-hybridized carbons (Fsp3) is 0.238. The first kappa shape index (κ1) is 20.9. The fourth-order valence-electron chi connectivity index (χ4n) is 3.44. The Hall–Kier alpha value is -3.93. The minimum absolute atomic E-state index is 0.0405. The zero-order valence-corrected chi connectivity index (χ0v) is 17.1. The van der Waals surface area contributed by atoms with Crippen molar-refractivity contribution in [3.05, 3.63) is 48.0 Å². The van der Waals surface area contributed by atoms with E-state index in [0.717, 1.165) is 12.1 Å². The van der Waals surface area contributed by atoms with Crippen LogP contribution in [0, 0.1) is 0 Å². The van der Waals surface area contributed by atoms with Crippen molar-refractivity contribution in [1.29, 1.82) is 0 Å². The van der Waals surface area contributed by atoms with Crippen LogP contribution in [-0.4, -0.2) is 46.2 Å². The van der Waals surface area contributed by atoms with Crippen molar-refractivity contribution in [2.24, 2.45) is 0 Å². The molecule has 9 nitrogen and oxygen atoms in total. The standard InChI is InChI=1S/C21H18F3N7O2/c22-21(23,24)13-2-1-3-14(11-13)26-19-28-17(29-20(30-19)31-6-8-32-9-7-31)12-4-5-16-15(10-12)27-18(25)33-16/h1-5,10-11H,6-9H2,(H2,25,27)(H,26,28,29,30). The lowest BCUT2D eigenvalue weighted by Crippen LogP contribution is -2.37. The van der Waals surface area contributed by atoms with Crippen molar-refractivity contribution in [3.63, 3.8) is 0 Å². The van der Waals surface area contributed by atoms with Crippen LogP contribution >= 0.6 is 0 Å². The number of hydrogen-bond acceptors (Lipinski definition) is 9. The number of aromatic nitrogens is 4. The van der Waals surface area contributed by atoms with Crippen molar-refractivity contribution in [2.75, 3.05) is 42.3 Å². The molecule has 3 N–H and O–H groups in total. The second-order valence-electron chi connectivity index (χ2n) is 7.32. The molecule has 0 aliphatic carbocycles. The minimum atomic E-state index is -4.46. The molecule has 0 saturated carbocycles. The minimum Gasteiger partial charge on any atom is -0.424 e. The van der Waals surface area contributed by atoms with Gasteiger partial charge in [-0.2, -0.15) is 33.1 Å². The smallest absolute Gasteiger partial charge is 0.416 e. The average molecular weight is 457 g/mol. The number of nitrogens with zero attached hydrogens (tertiary/aromatic N) is 5. The lowest BCUT2D eigenvalue weighted by molar-refractivity contribution is -0.137. The summed E-state index contributed by atoms with van der Waals surface area (Å²) in [7, 11) is 0. The van der Waals surface area contributed by atoms with Gasteiger partial charge in [-0.05, 0) is 36.4 Å². The van der Waals surface area contributed by atoms with Gasteiger partial charge in [0.2, 0.25) is 11.9 Å². The van der Waals surface area contributed by atoms with Crippen LogP contribution in [-0.2, 0) is 10.9 Å². The number of hydrogen-bond donors (Lipinski definition) is 2. The lowest BCUT2D eigenvalue weighted by atomic mass is 10.2. The van der Waals surface area contributed by atoms with Crippen LogP contribution in [0.2, 0.25) is 0 Å². The first-order chi connectivity index (χ1) is 15.8. The molecule has 0 amide bonds. The Labute approximate surface area is 185 Å². The molecular weight excluding hydrogens is 439 g/mol. The van der Waals surface area contributed by atoms with Crippen molar-refractivity contribution >= 4 is 34.7 Å². The van der Waals surface area contributed by atoms with Gasteiger partial charge in [0, 0.05) is 24.3 Å². The van der Waals surface area contributed by atoms with Crippen LogP contribution in [0.4, 0.5) is 36.8 Å². The summed E-state index contributed by atoms with van der Waals surface area (Å²) >= 11 is 0. The number of oxazole rings is 1. The van der Waals surface area contributed by atoms with E-state index in [-0.39, 0.29) is 17.7 Å². The second-order valence-corrected chi connectivity index (χ2v) is 7.32. The number of morpholine rings is 1. The maximum atomic E-state index is 13.1. The molecule has 33 heavy (non-hydrogen) atoms. The summed E-state index contributed by atoms with van der Waals surface area (Å²) in [6.45, 7) is 2.18. The molecule has 5 rings (SSSR count). The third-order valence-electron chi connectivity index (χ3n) is 5.03. The molecule has 0 spiro atoms. The summed E-state index contributed by atoms with van der Waals surface area (Å²) in [6.07, 6.45) is -4.46. The summed E-state index contributed by atoms with van der Waals surface area (Å²) in [4.78, 5) is 19.5. The predicted octanol–water partition coefficient (Wildman–Crippen LogP) is 3.86. The molecule has 2 aromatic heterocycles. The van der Waals surface area contributed by atoms with Gasteiger partial charge in [-0.25, -0.2) is 0 Å². The van der Waals surface area contributed by atoms with Gasteiger partial charge in [-0.3, -0.25) is 0 Å². The van der Waals surface area contributed by atoms with Gasteiger partial charge in [-0.15, -0.1) is 0 Å². The Balaban J connectivity index is 1.55. The van der Waals surface area contributed by atoms with E-state index in [1.165, 1.54) is 12.1 Å². The highest BCUT2D eigenvalue weighted by Crippen LogP contribution is 2.32. The van der Waals surface area contributed by atoms with Crippen molar-refractivity contribution in [2.45, 2.75) is 6.18 Å². The number of anilines is 4. The quantitative estimate of drug-likeness (QED) is 0.471. The van der Waals surface area contributed by atoms with Gasteiger partial charge < -0.3 is 25.1 Å². The van der Waals surface area contributed by atoms with Gasteiger partial charge in [0.15, 0.2) is 11.4 Å². The van der Waals surface area contributed by atoms with Crippen LogP contribution in [0.1, 0.15) is 5.56 Å². The van der Waals surface area contributed by atoms with E-state index in [1.54, 1.807) is 18.2 Å². The fourth-order valence-corrected chi connectivity index (χ4v) is 3.44. The van der Waals surface area contributed by atoms with Crippen LogP contribution < -0.4 is 16.0 Å². The van der Waals surface area contributed by atoms with Crippen LogP contribution in [0.15, 0.2) is 46.9 Å². The molecule has 1 fully saturated rings. The molecule has 12 heteroatoms. The van der Waals surface area contributed by atoms with E-state index in [9.17, 15) is 13.2 Å². The Morgan fingerprint density at radius 1 is 0.970 bits per heavy atom. The predicted molar refractivity (Wildman–Crippen MR) is 115 cm³/mol. The van der Waals surface area contributed by atoms with E-state index in [4.69, 9.17) is 14.9 Å². The third kappa shape index (κ3) is 4.51. The Morgan fingerprint density at radius 2 is 1.79 bits per heavy atom. The lowest BCUT2D eigenvalue weighted by Gasteiger charge is -2.27. The second kappa shape index (κ2) is 8.20. The van der Waals surface area contributed by atoms with Crippen molar-refractivity contribution < 1.29 is 22.3 Å². The molecule has 1 saturated heterocycles. The van der Waals surface area contributed by atoms with Gasteiger partial charge in [-0.1, -0.05) is 6.07 Å². The van der Waals surface area contributed by atoms with Gasteiger partial charge >= 0.3 is 6.18 Å². The summed E-state index contributed by atoms with van der Waals surface area (Å²) in [5.41, 5.74) is 6.73. The molecule has 0 bridgehead atoms. The molecule has 170 valence electrons. The summed E-state index contributed by atoms with van der Waals surface area (Å²) in [5, 5.41) is 2.87. The van der Waals surface area contributed by atoms with Crippen LogP contribution in [0.3, 0.4) is 0 Å².